The molecular formula is C29H34Cl2N2O4. The zero-order chi connectivity index (χ0) is 26.2. The number of esters is 1. The summed E-state index contributed by atoms with van der Waals surface area (Å²) in [6.07, 6.45) is 5.50. The second-order valence-electron chi connectivity index (χ2n) is 11.1. The van der Waals surface area contributed by atoms with Crippen LogP contribution in [0, 0.1) is 5.92 Å². The molecule has 37 heavy (non-hydrogen) atoms. The number of phenolic OH excluding ortho intramolecular Hbond substituents is 1. The van der Waals surface area contributed by atoms with Gasteiger partial charge in [-0.05, 0) is 86.4 Å². The molecule has 0 bridgehead atoms. The van der Waals surface area contributed by atoms with Gasteiger partial charge in [-0.2, -0.15) is 0 Å². The molecule has 2 aromatic carbocycles. The molecule has 3 aliphatic rings. The normalized spacial score (nSPS) is 27.8. The topological polar surface area (TPSA) is 78.9 Å². The number of likely N-dealkylation sites (tertiary alicyclic amines) is 1. The van der Waals surface area contributed by atoms with E-state index in [1.54, 1.807) is 24.3 Å². The molecule has 2 unspecified atom stereocenters. The zero-order valence-corrected chi connectivity index (χ0v) is 22.7. The standard InChI is InChI=1S/C29H34Cl2N2O4/c1-19(34)37-29-10-9-23(32-27(36)14-21-7-8-25(30)26(31)13-21)16-28(29,22-3-2-4-24(35)15-22)11-12-33(18-29)17-20-5-6-20/h2-4,7-8,13,15,20,23,35H,5-6,9-12,14,16-18H2,1H3,(H,32,36)/t23-,28?,29?/m0/s1. The number of rotatable bonds is 7. The fourth-order valence-electron chi connectivity index (χ4n) is 6.55. The predicted octanol–water partition coefficient (Wildman–Crippen LogP) is 5.27. The number of aromatic hydroxyl groups is 1. The maximum atomic E-state index is 13.0. The summed E-state index contributed by atoms with van der Waals surface area (Å²) in [6, 6.07) is 12.5. The SMILES string of the molecule is CC(=O)OC12CC[C@H](NC(=O)Cc3ccc(Cl)c(Cl)c3)CC1(c1cccc(O)c1)CCN(CC1CC1)C2. The van der Waals surface area contributed by atoms with Gasteiger partial charge in [0.2, 0.25) is 5.91 Å². The van der Waals surface area contributed by atoms with Crippen LogP contribution in [-0.4, -0.2) is 53.2 Å². The highest BCUT2D eigenvalue weighted by Crippen LogP contribution is 2.54. The van der Waals surface area contributed by atoms with Gasteiger partial charge in [-0.25, -0.2) is 0 Å². The van der Waals surface area contributed by atoms with Gasteiger partial charge < -0.3 is 15.2 Å². The average Bonchev–Trinajstić information content (AvgIpc) is 3.65. The van der Waals surface area contributed by atoms with Crippen molar-refractivity contribution in [3.63, 3.8) is 0 Å². The van der Waals surface area contributed by atoms with E-state index in [0.717, 1.165) is 36.6 Å². The van der Waals surface area contributed by atoms with Gasteiger partial charge in [-0.15, -0.1) is 0 Å². The van der Waals surface area contributed by atoms with E-state index in [-0.39, 0.29) is 30.1 Å². The Morgan fingerprint density at radius 1 is 1.11 bits per heavy atom. The van der Waals surface area contributed by atoms with Crippen LogP contribution in [0.1, 0.15) is 56.6 Å². The van der Waals surface area contributed by atoms with Gasteiger partial charge in [0.1, 0.15) is 11.4 Å². The molecule has 0 radical (unpaired) electrons. The fraction of sp³-hybridized carbons (Fsp3) is 0.517. The maximum Gasteiger partial charge on any atom is 0.303 e. The van der Waals surface area contributed by atoms with Crippen LogP contribution in [0.25, 0.3) is 0 Å². The Kier molecular flexibility index (Phi) is 7.45. The Hall–Kier alpha value is -2.28. The highest BCUT2D eigenvalue weighted by molar-refractivity contribution is 6.42. The Labute approximate surface area is 228 Å². The van der Waals surface area contributed by atoms with Gasteiger partial charge >= 0.3 is 5.97 Å². The van der Waals surface area contributed by atoms with Crippen LogP contribution in [0.4, 0.5) is 0 Å². The van der Waals surface area contributed by atoms with E-state index in [4.69, 9.17) is 27.9 Å². The maximum absolute atomic E-state index is 13.0. The van der Waals surface area contributed by atoms with Gasteiger partial charge in [0, 0.05) is 31.5 Å². The first-order chi connectivity index (χ1) is 17.7. The Morgan fingerprint density at radius 2 is 1.92 bits per heavy atom. The van der Waals surface area contributed by atoms with Crippen LogP contribution in [0.15, 0.2) is 42.5 Å². The third-order valence-electron chi connectivity index (χ3n) is 8.36. The number of hydrogen-bond acceptors (Lipinski definition) is 5. The van der Waals surface area contributed by atoms with E-state index in [9.17, 15) is 14.7 Å². The van der Waals surface area contributed by atoms with Crippen LogP contribution in [0.5, 0.6) is 5.75 Å². The number of fused-ring (bicyclic) bond motifs is 1. The molecule has 2 aliphatic carbocycles. The molecule has 1 saturated heterocycles. The third-order valence-corrected chi connectivity index (χ3v) is 9.10. The van der Waals surface area contributed by atoms with Crippen molar-refractivity contribution in [3.8, 4) is 5.75 Å². The summed E-state index contributed by atoms with van der Waals surface area (Å²) < 4.78 is 6.28. The first-order valence-electron chi connectivity index (χ1n) is 13.1. The minimum Gasteiger partial charge on any atom is -0.508 e. The van der Waals surface area contributed by atoms with Gasteiger partial charge in [-0.1, -0.05) is 41.4 Å². The number of hydrogen-bond donors (Lipinski definition) is 2. The molecule has 2 aromatic rings. The lowest BCUT2D eigenvalue weighted by Gasteiger charge is -2.59. The largest absolute Gasteiger partial charge is 0.508 e. The number of carbonyl (C=O) groups excluding carboxylic acids is 2. The van der Waals surface area contributed by atoms with Crippen LogP contribution < -0.4 is 5.32 Å². The van der Waals surface area contributed by atoms with Crippen molar-refractivity contribution >= 4 is 35.1 Å². The van der Waals surface area contributed by atoms with E-state index in [2.05, 4.69) is 10.2 Å². The Balaban J connectivity index is 1.42. The van der Waals surface area contributed by atoms with Crippen molar-refractivity contribution in [1.29, 1.82) is 0 Å². The average molecular weight is 546 g/mol. The molecule has 8 heteroatoms. The molecule has 2 saturated carbocycles. The molecule has 1 heterocycles. The van der Waals surface area contributed by atoms with E-state index in [1.807, 2.05) is 18.2 Å². The number of halogens is 2. The number of ether oxygens (including phenoxy) is 1. The summed E-state index contributed by atoms with van der Waals surface area (Å²) in [6.45, 7) is 4.07. The quantitative estimate of drug-likeness (QED) is 0.464. The summed E-state index contributed by atoms with van der Waals surface area (Å²) >= 11 is 12.2. The fourth-order valence-corrected chi connectivity index (χ4v) is 6.87. The van der Waals surface area contributed by atoms with E-state index in [0.29, 0.717) is 35.9 Å². The molecule has 6 nitrogen and oxygen atoms in total. The summed E-state index contributed by atoms with van der Waals surface area (Å²) in [5.41, 5.74) is 0.526. The number of benzene rings is 2. The molecule has 2 N–H and O–H groups in total. The van der Waals surface area contributed by atoms with Crippen LogP contribution >= 0.6 is 23.2 Å². The Bertz CT molecular complexity index is 1190. The number of amides is 1. The monoisotopic (exact) mass is 544 g/mol. The van der Waals surface area contributed by atoms with Gasteiger partial charge in [0.05, 0.1) is 16.5 Å². The second kappa shape index (κ2) is 10.5. The lowest BCUT2D eigenvalue weighted by molar-refractivity contribution is -0.187. The van der Waals surface area contributed by atoms with Crippen molar-refractivity contribution in [2.75, 3.05) is 19.6 Å². The minimum absolute atomic E-state index is 0.0828. The van der Waals surface area contributed by atoms with E-state index in [1.165, 1.54) is 19.8 Å². The highest BCUT2D eigenvalue weighted by Gasteiger charge is 2.61. The van der Waals surface area contributed by atoms with Crippen LogP contribution in [0.3, 0.4) is 0 Å². The summed E-state index contributed by atoms with van der Waals surface area (Å²) in [4.78, 5) is 28.0. The summed E-state index contributed by atoms with van der Waals surface area (Å²) in [7, 11) is 0. The first kappa shape index (κ1) is 26.3. The number of carbonyl (C=O) groups is 2. The summed E-state index contributed by atoms with van der Waals surface area (Å²) in [5.74, 6) is 0.551. The molecule has 0 aromatic heterocycles. The van der Waals surface area contributed by atoms with Crippen LogP contribution in [0.2, 0.25) is 10.0 Å². The molecule has 1 aliphatic heterocycles. The van der Waals surface area contributed by atoms with E-state index >= 15 is 0 Å². The van der Waals surface area contributed by atoms with Crippen molar-refractivity contribution in [1.82, 2.24) is 10.2 Å². The number of nitrogens with zero attached hydrogens (tertiary/aromatic N) is 1. The number of nitrogens with one attached hydrogen (secondary N) is 1. The van der Waals surface area contributed by atoms with E-state index < -0.39 is 11.0 Å². The van der Waals surface area contributed by atoms with Crippen molar-refractivity contribution in [2.45, 2.75) is 68.9 Å². The third kappa shape index (κ3) is 5.62. The minimum atomic E-state index is -0.718. The van der Waals surface area contributed by atoms with Gasteiger partial charge in [0.15, 0.2) is 0 Å². The second-order valence-corrected chi connectivity index (χ2v) is 11.9. The first-order valence-corrected chi connectivity index (χ1v) is 13.9. The van der Waals surface area contributed by atoms with Gasteiger partial charge in [-0.3, -0.25) is 14.5 Å². The number of piperidine rings is 1. The van der Waals surface area contributed by atoms with Crippen molar-refractivity contribution < 1.29 is 19.4 Å². The lowest BCUT2D eigenvalue weighted by Crippen LogP contribution is -2.68. The lowest BCUT2D eigenvalue weighted by atomic mass is 9.55. The highest BCUT2D eigenvalue weighted by atomic mass is 35.5. The van der Waals surface area contributed by atoms with Gasteiger partial charge in [0.25, 0.3) is 0 Å². The zero-order valence-electron chi connectivity index (χ0n) is 21.1. The summed E-state index contributed by atoms with van der Waals surface area (Å²) in [5, 5.41) is 14.5. The molecule has 0 spiro atoms. The molecular weight excluding hydrogens is 511 g/mol. The Morgan fingerprint density at radius 3 is 2.62 bits per heavy atom. The number of phenols is 1. The smallest absolute Gasteiger partial charge is 0.303 e. The molecule has 5 rings (SSSR count). The van der Waals surface area contributed by atoms with Crippen molar-refractivity contribution in [3.05, 3.63) is 63.6 Å². The molecule has 3 atom stereocenters. The molecule has 198 valence electrons. The molecule has 3 fully saturated rings. The predicted molar refractivity (Wildman–Crippen MR) is 144 cm³/mol. The van der Waals surface area contributed by atoms with Crippen molar-refractivity contribution in [2.24, 2.45) is 5.92 Å². The molecule has 1 amide bonds. The van der Waals surface area contributed by atoms with Crippen LogP contribution in [-0.2, 0) is 26.2 Å².